The van der Waals surface area contributed by atoms with Crippen molar-refractivity contribution >= 4 is 5.91 Å². The monoisotopic (exact) mass is 325 g/mol. The largest absolute Gasteiger partial charge is 0.444 e. The van der Waals surface area contributed by atoms with Crippen LogP contribution in [0.5, 0.6) is 0 Å². The second kappa shape index (κ2) is 7.12. The summed E-state index contributed by atoms with van der Waals surface area (Å²) in [7, 11) is 0. The maximum Gasteiger partial charge on any atom is 0.251 e. The lowest BCUT2D eigenvalue weighted by Crippen LogP contribution is -2.22. The average molecular weight is 325 g/mol. The summed E-state index contributed by atoms with van der Waals surface area (Å²) in [5, 5.41) is 6.83. The lowest BCUT2D eigenvalue weighted by atomic mass is 10.1. The van der Waals surface area contributed by atoms with Crippen molar-refractivity contribution in [2.24, 2.45) is 5.92 Å². The highest BCUT2D eigenvalue weighted by Crippen LogP contribution is 2.19. The van der Waals surface area contributed by atoms with Gasteiger partial charge in [0, 0.05) is 17.2 Å². The smallest absolute Gasteiger partial charge is 0.251 e. The third kappa shape index (κ3) is 3.90. The maximum absolute atomic E-state index is 12.2. The molecule has 0 aliphatic heterocycles. The molecular formula is C18H19N3O3. The lowest BCUT2D eigenvalue weighted by molar-refractivity contribution is 0.0947. The third-order valence-electron chi connectivity index (χ3n) is 3.51. The van der Waals surface area contributed by atoms with E-state index in [1.807, 2.05) is 18.2 Å². The van der Waals surface area contributed by atoms with Gasteiger partial charge in [0.2, 0.25) is 0 Å². The third-order valence-corrected chi connectivity index (χ3v) is 3.51. The molecule has 6 heteroatoms. The first-order valence-electron chi connectivity index (χ1n) is 7.83. The van der Waals surface area contributed by atoms with Gasteiger partial charge in [0.25, 0.3) is 5.91 Å². The van der Waals surface area contributed by atoms with Crippen LogP contribution in [0.3, 0.4) is 0 Å². The van der Waals surface area contributed by atoms with Crippen LogP contribution in [-0.4, -0.2) is 16.0 Å². The van der Waals surface area contributed by atoms with Crippen LogP contribution in [0, 0.1) is 5.92 Å². The van der Waals surface area contributed by atoms with Gasteiger partial charge in [-0.05, 0) is 24.5 Å². The van der Waals surface area contributed by atoms with E-state index in [0.29, 0.717) is 29.5 Å². The molecule has 0 saturated heterocycles. The molecule has 0 aliphatic carbocycles. The van der Waals surface area contributed by atoms with Crippen molar-refractivity contribution in [2.45, 2.75) is 26.8 Å². The average Bonchev–Trinajstić information content (AvgIpc) is 3.24. The molecule has 1 aromatic carbocycles. The van der Waals surface area contributed by atoms with Gasteiger partial charge in [-0.3, -0.25) is 4.79 Å². The molecule has 2 heterocycles. The summed E-state index contributed by atoms with van der Waals surface area (Å²) in [5.74, 6) is 1.67. The van der Waals surface area contributed by atoms with Gasteiger partial charge >= 0.3 is 0 Å². The molecule has 124 valence electrons. The van der Waals surface area contributed by atoms with Gasteiger partial charge in [-0.15, -0.1) is 0 Å². The van der Waals surface area contributed by atoms with Crippen LogP contribution in [0.2, 0.25) is 0 Å². The number of oxazole rings is 1. The molecule has 0 spiro atoms. The Kier molecular flexibility index (Phi) is 4.74. The molecule has 3 aromatic rings. The van der Waals surface area contributed by atoms with Gasteiger partial charge in [-0.25, -0.2) is 4.98 Å². The second-order valence-electron chi connectivity index (χ2n) is 6.01. The minimum Gasteiger partial charge on any atom is -0.444 e. The van der Waals surface area contributed by atoms with Crippen molar-refractivity contribution in [3.8, 4) is 11.3 Å². The fourth-order valence-electron chi connectivity index (χ4n) is 2.37. The quantitative estimate of drug-likeness (QED) is 0.750. The fourth-order valence-corrected chi connectivity index (χ4v) is 2.37. The van der Waals surface area contributed by atoms with Gasteiger partial charge in [-0.2, -0.15) is 0 Å². The first-order valence-corrected chi connectivity index (χ1v) is 7.83. The van der Waals surface area contributed by atoms with Crippen molar-refractivity contribution in [1.29, 1.82) is 0 Å². The summed E-state index contributed by atoms with van der Waals surface area (Å²) in [4.78, 5) is 16.1. The van der Waals surface area contributed by atoms with Crippen LogP contribution in [0.15, 0.2) is 51.9 Å². The van der Waals surface area contributed by atoms with E-state index in [-0.39, 0.29) is 5.91 Å². The minimum atomic E-state index is -0.166. The summed E-state index contributed by atoms with van der Waals surface area (Å²) in [6.45, 7) is 4.56. The second-order valence-corrected chi connectivity index (χ2v) is 6.01. The number of benzene rings is 1. The van der Waals surface area contributed by atoms with Crippen molar-refractivity contribution < 1.29 is 13.7 Å². The number of aromatic nitrogens is 2. The van der Waals surface area contributed by atoms with E-state index in [1.165, 1.54) is 6.39 Å². The Morgan fingerprint density at radius 3 is 2.71 bits per heavy atom. The van der Waals surface area contributed by atoms with Crippen LogP contribution in [0.1, 0.15) is 35.7 Å². The molecule has 0 unspecified atom stereocenters. The van der Waals surface area contributed by atoms with E-state index in [4.69, 9.17) is 8.94 Å². The van der Waals surface area contributed by atoms with Gasteiger partial charge in [0.1, 0.15) is 0 Å². The molecule has 0 bridgehead atoms. The molecular weight excluding hydrogens is 306 g/mol. The molecule has 1 N–H and O–H groups in total. The summed E-state index contributed by atoms with van der Waals surface area (Å²) in [6, 6.07) is 9.03. The van der Waals surface area contributed by atoms with E-state index >= 15 is 0 Å². The minimum absolute atomic E-state index is 0.166. The SMILES string of the molecule is CC(C)Cc1cc(CNC(=O)c2ccc(-c3cnco3)cc2)on1. The molecule has 0 radical (unpaired) electrons. The maximum atomic E-state index is 12.2. The van der Waals surface area contributed by atoms with E-state index in [0.717, 1.165) is 17.7 Å². The Bertz CT molecular complexity index is 789. The fraction of sp³-hybridized carbons (Fsp3) is 0.278. The van der Waals surface area contributed by atoms with Gasteiger partial charge < -0.3 is 14.3 Å². The summed E-state index contributed by atoms with van der Waals surface area (Å²) in [5.41, 5.74) is 2.35. The molecule has 0 fully saturated rings. The zero-order valence-corrected chi connectivity index (χ0v) is 13.7. The number of carbonyl (C=O) groups is 1. The Morgan fingerprint density at radius 1 is 1.25 bits per heavy atom. The van der Waals surface area contributed by atoms with Crippen LogP contribution in [0.4, 0.5) is 0 Å². The first-order chi connectivity index (χ1) is 11.6. The number of amides is 1. The van der Waals surface area contributed by atoms with Crippen molar-refractivity contribution in [3.63, 3.8) is 0 Å². The van der Waals surface area contributed by atoms with E-state index < -0.39 is 0 Å². The number of hydrogen-bond acceptors (Lipinski definition) is 5. The highest BCUT2D eigenvalue weighted by molar-refractivity contribution is 5.94. The Labute approximate surface area is 139 Å². The number of nitrogens with one attached hydrogen (secondary N) is 1. The zero-order chi connectivity index (χ0) is 16.9. The number of rotatable bonds is 6. The van der Waals surface area contributed by atoms with E-state index in [9.17, 15) is 4.79 Å². The van der Waals surface area contributed by atoms with Crippen molar-refractivity contribution in [1.82, 2.24) is 15.5 Å². The van der Waals surface area contributed by atoms with Crippen molar-refractivity contribution in [3.05, 3.63) is 59.9 Å². The number of nitrogens with zero attached hydrogens (tertiary/aromatic N) is 2. The summed E-state index contributed by atoms with van der Waals surface area (Å²) < 4.78 is 10.5. The standard InChI is InChI=1S/C18H19N3O3/c1-12(2)7-15-8-16(24-21-15)9-20-18(22)14-5-3-13(4-6-14)17-10-19-11-23-17/h3-6,8,10-12H,7,9H2,1-2H3,(H,20,22). The van der Waals surface area contributed by atoms with Crippen molar-refractivity contribution in [2.75, 3.05) is 0 Å². The summed E-state index contributed by atoms with van der Waals surface area (Å²) in [6.07, 6.45) is 3.87. The van der Waals surface area contributed by atoms with Gasteiger partial charge in [0.05, 0.1) is 18.4 Å². The highest BCUT2D eigenvalue weighted by Gasteiger charge is 2.10. The van der Waals surface area contributed by atoms with Crippen LogP contribution in [-0.2, 0) is 13.0 Å². The molecule has 2 aromatic heterocycles. The summed E-state index contributed by atoms with van der Waals surface area (Å²) >= 11 is 0. The molecule has 0 aliphatic rings. The predicted octanol–water partition coefficient (Wildman–Crippen LogP) is 3.46. The molecule has 24 heavy (non-hydrogen) atoms. The molecule has 1 amide bonds. The molecule has 6 nitrogen and oxygen atoms in total. The molecule has 0 atom stereocenters. The normalized spacial score (nSPS) is 11.0. The zero-order valence-electron chi connectivity index (χ0n) is 13.7. The van der Waals surface area contributed by atoms with Crippen LogP contribution < -0.4 is 5.32 Å². The number of carbonyl (C=O) groups excluding carboxylic acids is 1. The van der Waals surface area contributed by atoms with E-state index in [1.54, 1.807) is 18.3 Å². The Morgan fingerprint density at radius 2 is 2.04 bits per heavy atom. The Hall–Kier alpha value is -2.89. The van der Waals surface area contributed by atoms with Gasteiger partial charge in [-0.1, -0.05) is 31.1 Å². The van der Waals surface area contributed by atoms with Crippen LogP contribution in [0.25, 0.3) is 11.3 Å². The molecule has 0 saturated carbocycles. The van der Waals surface area contributed by atoms with Gasteiger partial charge in [0.15, 0.2) is 17.9 Å². The predicted molar refractivity (Wildman–Crippen MR) is 88.2 cm³/mol. The number of hydrogen-bond donors (Lipinski definition) is 1. The highest BCUT2D eigenvalue weighted by atomic mass is 16.5. The first kappa shape index (κ1) is 16.0. The van der Waals surface area contributed by atoms with Crippen LogP contribution >= 0.6 is 0 Å². The lowest BCUT2D eigenvalue weighted by Gasteiger charge is -2.03. The topological polar surface area (TPSA) is 81.2 Å². The van der Waals surface area contributed by atoms with E-state index in [2.05, 4.69) is 29.3 Å². The molecule has 3 rings (SSSR count). The Balaban J connectivity index is 1.58.